The quantitative estimate of drug-likeness (QED) is 0.100. The van der Waals surface area contributed by atoms with Crippen LogP contribution in [0.25, 0.3) is 0 Å². The molecule has 3 aromatic rings. The summed E-state index contributed by atoms with van der Waals surface area (Å²) in [6.45, 7) is 6.02. The molecule has 0 aromatic heterocycles. The number of nitriles is 1. The lowest BCUT2D eigenvalue weighted by Crippen LogP contribution is -2.13. The summed E-state index contributed by atoms with van der Waals surface area (Å²) in [6, 6.07) is 21.6. The van der Waals surface area contributed by atoms with Crippen LogP contribution in [0.15, 0.2) is 79.4 Å². The molecule has 0 saturated heterocycles. The number of carbonyl (C=O) groups excluding carboxylic acids is 2. The van der Waals surface area contributed by atoms with Crippen molar-refractivity contribution in [3.63, 3.8) is 0 Å². The van der Waals surface area contributed by atoms with Gasteiger partial charge in [-0.2, -0.15) is 5.26 Å². The monoisotopic (exact) mass is 511 g/mol. The van der Waals surface area contributed by atoms with Crippen LogP contribution in [-0.2, 0) is 17.6 Å². The molecule has 0 N–H and O–H groups in total. The van der Waals surface area contributed by atoms with Crippen LogP contribution in [0.2, 0.25) is 0 Å². The molecule has 0 heterocycles. The third-order valence-electron chi connectivity index (χ3n) is 6.00. The number of unbranched alkanes of at least 4 members (excludes halogenated alkanes) is 4. The van der Waals surface area contributed by atoms with Gasteiger partial charge in [-0.25, -0.2) is 9.59 Å². The number of aryl methyl sites for hydroxylation is 2. The first-order chi connectivity index (χ1) is 18.5. The van der Waals surface area contributed by atoms with Gasteiger partial charge in [0.1, 0.15) is 0 Å². The lowest BCUT2D eigenvalue weighted by atomic mass is 10.0. The van der Waals surface area contributed by atoms with Crippen LogP contribution in [0.1, 0.15) is 66.1 Å². The Labute approximate surface area is 224 Å². The van der Waals surface area contributed by atoms with E-state index in [-0.39, 0.29) is 17.2 Å². The fraction of sp³-hybridized carbons (Fsp3) is 0.281. The van der Waals surface area contributed by atoms with Crippen molar-refractivity contribution in [1.29, 1.82) is 5.26 Å². The van der Waals surface area contributed by atoms with Crippen molar-refractivity contribution in [3.05, 3.63) is 102 Å². The molecule has 0 aliphatic rings. The highest BCUT2D eigenvalue weighted by molar-refractivity contribution is 5.92. The van der Waals surface area contributed by atoms with Crippen molar-refractivity contribution in [1.82, 2.24) is 0 Å². The lowest BCUT2D eigenvalue weighted by Gasteiger charge is -2.18. The highest BCUT2D eigenvalue weighted by Crippen LogP contribution is 2.42. The van der Waals surface area contributed by atoms with Crippen molar-refractivity contribution in [2.24, 2.45) is 0 Å². The van der Waals surface area contributed by atoms with Crippen molar-refractivity contribution in [2.75, 3.05) is 6.61 Å². The van der Waals surface area contributed by atoms with E-state index in [4.69, 9.17) is 19.5 Å². The van der Waals surface area contributed by atoms with Crippen LogP contribution in [0.5, 0.6) is 17.2 Å². The Hall–Kier alpha value is -4.37. The normalized spacial score (nSPS) is 10.3. The van der Waals surface area contributed by atoms with E-state index in [0.717, 1.165) is 49.3 Å². The van der Waals surface area contributed by atoms with E-state index >= 15 is 0 Å². The zero-order chi connectivity index (χ0) is 27.2. The van der Waals surface area contributed by atoms with Crippen molar-refractivity contribution in [3.8, 4) is 23.3 Å². The molecule has 0 bridgehead atoms. The maximum atomic E-state index is 13.1. The fourth-order valence-electron chi connectivity index (χ4n) is 3.89. The number of rotatable bonds is 14. The van der Waals surface area contributed by atoms with Gasteiger partial charge < -0.3 is 14.2 Å². The molecule has 0 spiro atoms. The van der Waals surface area contributed by atoms with Gasteiger partial charge in [-0.3, -0.25) is 0 Å². The molecule has 0 atom stereocenters. The smallest absolute Gasteiger partial charge is 0.343 e. The molecule has 0 fully saturated rings. The van der Waals surface area contributed by atoms with Gasteiger partial charge >= 0.3 is 11.9 Å². The Morgan fingerprint density at radius 2 is 1.61 bits per heavy atom. The topological polar surface area (TPSA) is 85.6 Å². The molecule has 0 unspecified atom stereocenters. The standard InChI is InChI=1S/C32H33NO5/c1-3-5-6-7-11-22-36-31-28(37-29(34)4-2)21-20-26(19-18-24-14-16-25(23-33)17-15-24)30(31)38-32(35)27-12-9-8-10-13-27/h4,8-10,12-17,20-21H,2-3,5-7,11,18-19,22H2,1H3. The minimum absolute atomic E-state index is 0.168. The summed E-state index contributed by atoms with van der Waals surface area (Å²) in [5, 5.41) is 9.06. The highest BCUT2D eigenvalue weighted by Gasteiger charge is 2.22. The molecular formula is C32H33NO5. The SMILES string of the molecule is C=CC(=O)Oc1ccc(CCc2ccc(C#N)cc2)c(OC(=O)c2ccccc2)c1OCCCCCCC. The summed E-state index contributed by atoms with van der Waals surface area (Å²) >= 11 is 0. The number of hydrogen-bond donors (Lipinski definition) is 0. The van der Waals surface area contributed by atoms with Gasteiger partial charge in [-0.05, 0) is 60.7 Å². The molecule has 0 radical (unpaired) electrons. The summed E-state index contributed by atoms with van der Waals surface area (Å²) in [7, 11) is 0. The van der Waals surface area contributed by atoms with Crippen molar-refractivity contribution < 1.29 is 23.8 Å². The number of esters is 2. The van der Waals surface area contributed by atoms with E-state index in [0.29, 0.717) is 30.6 Å². The van der Waals surface area contributed by atoms with E-state index in [1.807, 2.05) is 18.2 Å². The summed E-state index contributed by atoms with van der Waals surface area (Å²) in [5.41, 5.74) is 2.75. The first-order valence-electron chi connectivity index (χ1n) is 12.9. The molecule has 0 amide bonds. The van der Waals surface area contributed by atoms with Crippen molar-refractivity contribution in [2.45, 2.75) is 51.9 Å². The first kappa shape index (κ1) is 28.2. The molecule has 6 heteroatoms. The van der Waals surface area contributed by atoms with Crippen LogP contribution in [-0.4, -0.2) is 18.5 Å². The van der Waals surface area contributed by atoms with Gasteiger partial charge in [-0.1, -0.05) is 75.6 Å². The number of nitrogens with zero attached hydrogens (tertiary/aromatic N) is 1. The molecule has 3 rings (SSSR count). The minimum atomic E-state index is -0.636. The predicted octanol–water partition coefficient (Wildman–Crippen LogP) is 7.00. The Kier molecular flexibility index (Phi) is 11.1. The maximum absolute atomic E-state index is 13.1. The van der Waals surface area contributed by atoms with Gasteiger partial charge in [-0.15, -0.1) is 0 Å². The van der Waals surface area contributed by atoms with E-state index in [9.17, 15) is 9.59 Å². The van der Waals surface area contributed by atoms with Crippen LogP contribution in [0.3, 0.4) is 0 Å². The number of hydrogen-bond acceptors (Lipinski definition) is 6. The largest absolute Gasteiger partial charge is 0.486 e. The zero-order valence-corrected chi connectivity index (χ0v) is 21.8. The molecular weight excluding hydrogens is 478 g/mol. The van der Waals surface area contributed by atoms with Crippen LogP contribution in [0, 0.1) is 11.3 Å². The zero-order valence-electron chi connectivity index (χ0n) is 21.8. The number of benzene rings is 3. The first-order valence-corrected chi connectivity index (χ1v) is 12.9. The second-order valence-corrected chi connectivity index (χ2v) is 8.83. The Balaban J connectivity index is 1.93. The molecule has 38 heavy (non-hydrogen) atoms. The average Bonchev–Trinajstić information content (AvgIpc) is 2.96. The molecule has 196 valence electrons. The maximum Gasteiger partial charge on any atom is 0.343 e. The van der Waals surface area contributed by atoms with Gasteiger partial charge in [0, 0.05) is 6.08 Å². The fourth-order valence-corrected chi connectivity index (χ4v) is 3.89. The lowest BCUT2D eigenvalue weighted by molar-refractivity contribution is -0.129. The minimum Gasteiger partial charge on any atom is -0.486 e. The van der Waals surface area contributed by atoms with Crippen LogP contribution in [0.4, 0.5) is 0 Å². The van der Waals surface area contributed by atoms with Crippen LogP contribution < -0.4 is 14.2 Å². The van der Waals surface area contributed by atoms with Crippen LogP contribution >= 0.6 is 0 Å². The summed E-state index contributed by atoms with van der Waals surface area (Å²) < 4.78 is 17.5. The molecule has 0 saturated carbocycles. The predicted molar refractivity (Wildman–Crippen MR) is 146 cm³/mol. The molecule has 0 aliphatic heterocycles. The summed E-state index contributed by atoms with van der Waals surface area (Å²) in [6.07, 6.45) is 7.48. The van der Waals surface area contributed by atoms with E-state index < -0.39 is 11.9 Å². The second kappa shape index (κ2) is 15.0. The number of carbonyl (C=O) groups is 2. The molecule has 6 nitrogen and oxygen atoms in total. The van der Waals surface area contributed by atoms with E-state index in [2.05, 4.69) is 19.6 Å². The third kappa shape index (κ3) is 8.35. The summed E-state index contributed by atoms with van der Waals surface area (Å²) in [4.78, 5) is 25.1. The molecule has 3 aromatic carbocycles. The van der Waals surface area contributed by atoms with Gasteiger partial charge in [0.15, 0.2) is 11.5 Å². The number of ether oxygens (including phenoxy) is 3. The van der Waals surface area contributed by atoms with E-state index in [1.54, 1.807) is 48.5 Å². The Morgan fingerprint density at radius 1 is 0.868 bits per heavy atom. The highest BCUT2D eigenvalue weighted by atomic mass is 16.6. The average molecular weight is 512 g/mol. The van der Waals surface area contributed by atoms with Crippen molar-refractivity contribution >= 4 is 11.9 Å². The second-order valence-electron chi connectivity index (χ2n) is 8.83. The third-order valence-corrected chi connectivity index (χ3v) is 6.00. The summed E-state index contributed by atoms with van der Waals surface area (Å²) in [5.74, 6) is -0.553. The van der Waals surface area contributed by atoms with Gasteiger partial charge in [0.25, 0.3) is 0 Å². The Morgan fingerprint density at radius 3 is 2.29 bits per heavy atom. The Bertz CT molecular complexity index is 1260. The van der Waals surface area contributed by atoms with E-state index in [1.165, 1.54) is 0 Å². The van der Waals surface area contributed by atoms with Gasteiger partial charge in [0.2, 0.25) is 5.75 Å². The molecule has 0 aliphatic carbocycles. The van der Waals surface area contributed by atoms with Gasteiger partial charge in [0.05, 0.1) is 23.8 Å².